The van der Waals surface area contributed by atoms with E-state index in [0.717, 1.165) is 18.2 Å². The van der Waals surface area contributed by atoms with Gasteiger partial charge in [-0.2, -0.15) is 0 Å². The van der Waals surface area contributed by atoms with E-state index in [0.29, 0.717) is 17.8 Å². The first-order valence-corrected chi connectivity index (χ1v) is 6.04. The van der Waals surface area contributed by atoms with Crippen LogP contribution in [0.2, 0.25) is 0 Å². The second kappa shape index (κ2) is 5.53. The van der Waals surface area contributed by atoms with Crippen molar-refractivity contribution in [1.29, 1.82) is 0 Å². The predicted octanol–water partition coefficient (Wildman–Crippen LogP) is 2.88. The van der Waals surface area contributed by atoms with E-state index < -0.39 is 12.0 Å². The molecule has 0 amide bonds. The van der Waals surface area contributed by atoms with Gasteiger partial charge < -0.3 is 14.8 Å². The average Bonchev–Trinajstić information content (AvgIpc) is 2.83. The lowest BCUT2D eigenvalue weighted by molar-refractivity contribution is -0.138. The fourth-order valence-corrected chi connectivity index (χ4v) is 1.84. The molecule has 0 aliphatic rings. The van der Waals surface area contributed by atoms with E-state index >= 15 is 0 Å². The predicted molar refractivity (Wildman–Crippen MR) is 68.6 cm³/mol. The minimum atomic E-state index is -0.856. The number of anilines is 1. The molecular weight excluding hydrogens is 232 g/mol. The molecule has 0 spiro atoms. The smallest absolute Gasteiger partial charge is 0.326 e. The number of hydrogen-bond acceptors (Lipinski definition) is 4. The lowest BCUT2D eigenvalue weighted by Gasteiger charge is -2.14. The summed E-state index contributed by atoms with van der Waals surface area (Å²) in [7, 11) is 0. The average molecular weight is 248 g/mol. The number of furan rings is 1. The number of carboxylic acids is 1. The quantitative estimate of drug-likeness (QED) is 0.822. The van der Waals surface area contributed by atoms with Gasteiger partial charge in [0, 0.05) is 6.20 Å². The summed E-state index contributed by atoms with van der Waals surface area (Å²) in [5.74, 6) is -0.296. The number of aromatic nitrogens is 1. The van der Waals surface area contributed by atoms with E-state index in [1.54, 1.807) is 24.6 Å². The number of aliphatic carboxylic acids is 1. The number of nitrogens with one attached hydrogen (secondary N) is 1. The van der Waals surface area contributed by atoms with Crippen LogP contribution in [0.1, 0.15) is 26.2 Å². The van der Waals surface area contributed by atoms with E-state index in [-0.39, 0.29) is 0 Å². The van der Waals surface area contributed by atoms with Crippen LogP contribution in [0, 0.1) is 0 Å². The molecule has 18 heavy (non-hydrogen) atoms. The second-order valence-corrected chi connectivity index (χ2v) is 4.17. The third kappa shape index (κ3) is 2.61. The van der Waals surface area contributed by atoms with Crippen LogP contribution in [0.4, 0.5) is 5.82 Å². The molecule has 0 aliphatic heterocycles. The third-order valence-electron chi connectivity index (χ3n) is 2.84. The monoisotopic (exact) mass is 248 g/mol. The van der Waals surface area contributed by atoms with Crippen molar-refractivity contribution in [2.45, 2.75) is 32.2 Å². The zero-order valence-electron chi connectivity index (χ0n) is 10.2. The molecule has 0 aliphatic carbocycles. The molecule has 0 fully saturated rings. The Hall–Kier alpha value is -2.04. The van der Waals surface area contributed by atoms with Gasteiger partial charge in [0.15, 0.2) is 0 Å². The van der Waals surface area contributed by atoms with Gasteiger partial charge >= 0.3 is 5.97 Å². The maximum Gasteiger partial charge on any atom is 0.326 e. The summed E-state index contributed by atoms with van der Waals surface area (Å²) in [5, 5.41) is 12.9. The Morgan fingerprint density at radius 2 is 2.39 bits per heavy atom. The number of unbranched alkanes of at least 4 members (excludes halogenated alkanes) is 1. The molecule has 2 N–H and O–H groups in total. The Kier molecular flexibility index (Phi) is 3.82. The summed E-state index contributed by atoms with van der Waals surface area (Å²) in [6.07, 6.45) is 5.59. The SMILES string of the molecule is CCCC[C@H](Nc1nccc2occc12)C(=O)O. The van der Waals surface area contributed by atoms with Gasteiger partial charge in [-0.1, -0.05) is 19.8 Å². The highest BCUT2D eigenvalue weighted by atomic mass is 16.4. The third-order valence-corrected chi connectivity index (χ3v) is 2.84. The van der Waals surface area contributed by atoms with Crippen LogP contribution in [0.3, 0.4) is 0 Å². The maximum atomic E-state index is 11.2. The number of hydrogen-bond donors (Lipinski definition) is 2. The van der Waals surface area contributed by atoms with Crippen molar-refractivity contribution in [3.05, 3.63) is 24.6 Å². The Labute approximate surface area is 105 Å². The number of rotatable bonds is 6. The lowest BCUT2D eigenvalue weighted by atomic mass is 10.1. The van der Waals surface area contributed by atoms with Gasteiger partial charge in [0.1, 0.15) is 17.4 Å². The molecule has 0 aromatic carbocycles. The summed E-state index contributed by atoms with van der Waals surface area (Å²) < 4.78 is 5.25. The summed E-state index contributed by atoms with van der Waals surface area (Å²) in [6, 6.07) is 2.92. The van der Waals surface area contributed by atoms with Crippen LogP contribution in [0.5, 0.6) is 0 Å². The van der Waals surface area contributed by atoms with Gasteiger partial charge in [0.05, 0.1) is 11.6 Å². The van der Waals surface area contributed by atoms with Crippen molar-refractivity contribution in [1.82, 2.24) is 4.98 Å². The molecule has 0 unspecified atom stereocenters. The molecule has 96 valence electrons. The zero-order chi connectivity index (χ0) is 13.0. The van der Waals surface area contributed by atoms with E-state index in [4.69, 9.17) is 4.42 Å². The Balaban J connectivity index is 2.20. The molecule has 0 saturated carbocycles. The van der Waals surface area contributed by atoms with E-state index in [1.165, 1.54) is 0 Å². The lowest BCUT2D eigenvalue weighted by Crippen LogP contribution is -2.29. The minimum Gasteiger partial charge on any atom is -0.480 e. The Bertz CT molecular complexity index is 536. The Morgan fingerprint density at radius 3 is 3.11 bits per heavy atom. The molecule has 2 aromatic heterocycles. The van der Waals surface area contributed by atoms with Gasteiger partial charge in [-0.15, -0.1) is 0 Å². The number of carboxylic acid groups (broad SMARTS) is 1. The largest absolute Gasteiger partial charge is 0.480 e. The van der Waals surface area contributed by atoms with Crippen LogP contribution >= 0.6 is 0 Å². The second-order valence-electron chi connectivity index (χ2n) is 4.17. The zero-order valence-corrected chi connectivity index (χ0v) is 10.2. The highest BCUT2D eigenvalue weighted by molar-refractivity contribution is 5.89. The molecular formula is C13H16N2O3. The molecule has 2 aromatic rings. The number of carbonyl (C=O) groups is 1. The molecule has 5 nitrogen and oxygen atoms in total. The van der Waals surface area contributed by atoms with Crippen LogP contribution in [-0.2, 0) is 4.79 Å². The van der Waals surface area contributed by atoms with Crippen molar-refractivity contribution in [2.24, 2.45) is 0 Å². The molecule has 5 heteroatoms. The molecule has 2 heterocycles. The first-order chi connectivity index (χ1) is 8.72. The number of fused-ring (bicyclic) bond motifs is 1. The van der Waals surface area contributed by atoms with Gasteiger partial charge in [-0.05, 0) is 18.6 Å². The molecule has 0 radical (unpaired) electrons. The van der Waals surface area contributed by atoms with E-state index in [9.17, 15) is 9.90 Å². The van der Waals surface area contributed by atoms with E-state index in [2.05, 4.69) is 10.3 Å². The Morgan fingerprint density at radius 1 is 1.56 bits per heavy atom. The van der Waals surface area contributed by atoms with Crippen molar-refractivity contribution >= 4 is 22.8 Å². The fourth-order valence-electron chi connectivity index (χ4n) is 1.84. The van der Waals surface area contributed by atoms with Crippen LogP contribution in [0.15, 0.2) is 29.0 Å². The molecule has 1 atom stereocenters. The summed E-state index contributed by atoms with van der Waals surface area (Å²) in [5.41, 5.74) is 0.701. The van der Waals surface area contributed by atoms with Crippen molar-refractivity contribution < 1.29 is 14.3 Å². The number of pyridine rings is 1. The normalized spacial score (nSPS) is 12.5. The first kappa shape index (κ1) is 12.4. The summed E-state index contributed by atoms with van der Waals surface area (Å²) in [4.78, 5) is 15.3. The summed E-state index contributed by atoms with van der Waals surface area (Å²) in [6.45, 7) is 2.04. The van der Waals surface area contributed by atoms with Crippen molar-refractivity contribution in [2.75, 3.05) is 5.32 Å². The fraction of sp³-hybridized carbons (Fsp3) is 0.385. The molecule has 0 saturated heterocycles. The maximum absolute atomic E-state index is 11.2. The van der Waals surface area contributed by atoms with Crippen LogP contribution in [-0.4, -0.2) is 22.1 Å². The van der Waals surface area contributed by atoms with Crippen molar-refractivity contribution in [3.63, 3.8) is 0 Å². The van der Waals surface area contributed by atoms with Crippen LogP contribution in [0.25, 0.3) is 11.0 Å². The molecule has 2 rings (SSSR count). The van der Waals surface area contributed by atoms with Crippen LogP contribution < -0.4 is 5.32 Å². The van der Waals surface area contributed by atoms with E-state index in [1.807, 2.05) is 6.92 Å². The van der Waals surface area contributed by atoms with Crippen molar-refractivity contribution in [3.8, 4) is 0 Å². The molecule has 0 bridgehead atoms. The summed E-state index contributed by atoms with van der Waals surface area (Å²) >= 11 is 0. The van der Waals surface area contributed by atoms with Gasteiger partial charge in [0.2, 0.25) is 0 Å². The first-order valence-electron chi connectivity index (χ1n) is 6.04. The minimum absolute atomic E-state index is 0.560. The standard InChI is InChI=1S/C13H16N2O3/c1-2-3-4-10(13(16)17)15-12-9-6-8-18-11(9)5-7-14-12/h5-8,10H,2-4H2,1H3,(H,14,15)(H,16,17)/t10-/m0/s1. The highest BCUT2D eigenvalue weighted by Gasteiger charge is 2.18. The number of nitrogens with zero attached hydrogens (tertiary/aromatic N) is 1. The van der Waals surface area contributed by atoms with Gasteiger partial charge in [0.25, 0.3) is 0 Å². The van der Waals surface area contributed by atoms with Gasteiger partial charge in [-0.25, -0.2) is 9.78 Å². The highest BCUT2D eigenvalue weighted by Crippen LogP contribution is 2.23. The van der Waals surface area contributed by atoms with Gasteiger partial charge in [-0.3, -0.25) is 0 Å². The topological polar surface area (TPSA) is 75.4 Å².